The quantitative estimate of drug-likeness (QED) is 0.715. The van der Waals surface area contributed by atoms with E-state index in [1.807, 2.05) is 0 Å². The van der Waals surface area contributed by atoms with Crippen LogP contribution in [0.3, 0.4) is 0 Å². The molecule has 0 amide bonds. The second kappa shape index (κ2) is 6.69. The molecule has 3 N–H and O–H groups in total. The average molecular weight is 240 g/mol. The molecule has 4 heteroatoms. The lowest BCUT2D eigenvalue weighted by molar-refractivity contribution is 0.114. The van der Waals surface area contributed by atoms with Crippen molar-refractivity contribution in [3.63, 3.8) is 0 Å². The highest BCUT2D eigenvalue weighted by Gasteiger charge is 2.25. The van der Waals surface area contributed by atoms with Gasteiger partial charge in [-0.2, -0.15) is 0 Å². The van der Waals surface area contributed by atoms with Gasteiger partial charge in [-0.1, -0.05) is 0 Å². The number of nitrogens with two attached hydrogens (primary N) is 1. The summed E-state index contributed by atoms with van der Waals surface area (Å²) in [5, 5.41) is 3.44. The van der Waals surface area contributed by atoms with Crippen molar-refractivity contribution in [2.45, 2.75) is 12.8 Å². The predicted molar refractivity (Wildman–Crippen MR) is 72.1 cm³/mol. The number of likely N-dealkylation sites (N-methyl/N-ethyl adjacent to an activating group) is 1. The Morgan fingerprint density at radius 3 is 2.41 bits per heavy atom. The largest absolute Gasteiger partial charge is 0.330 e. The average Bonchev–Trinajstić information content (AvgIpc) is 2.39. The number of nitrogens with zero attached hydrogens (tertiary/aromatic N) is 2. The molecule has 1 atom stereocenters. The Morgan fingerprint density at radius 2 is 1.82 bits per heavy atom. The third-order valence-corrected chi connectivity index (χ3v) is 4.44. The highest BCUT2D eigenvalue weighted by atomic mass is 15.2. The number of rotatable bonds is 4. The molecule has 17 heavy (non-hydrogen) atoms. The Hall–Kier alpha value is -0.160. The van der Waals surface area contributed by atoms with Crippen LogP contribution in [0.25, 0.3) is 0 Å². The molecule has 0 aromatic rings. The maximum Gasteiger partial charge on any atom is 0.0110 e. The van der Waals surface area contributed by atoms with Gasteiger partial charge in [0.2, 0.25) is 0 Å². The zero-order valence-electron chi connectivity index (χ0n) is 11.2. The van der Waals surface area contributed by atoms with Crippen molar-refractivity contribution < 1.29 is 0 Å². The van der Waals surface area contributed by atoms with Crippen LogP contribution >= 0.6 is 0 Å². The summed E-state index contributed by atoms with van der Waals surface area (Å²) >= 11 is 0. The zero-order valence-corrected chi connectivity index (χ0v) is 11.2. The standard InChI is InChI=1S/C13H28N4/c1-16-6-8-17(9-7-16)11-13(10-14)12-2-4-15-5-3-12/h12-13,15H,2-11,14H2,1H3. The molecule has 0 spiro atoms. The zero-order chi connectivity index (χ0) is 12.1. The van der Waals surface area contributed by atoms with Gasteiger partial charge in [0, 0.05) is 32.7 Å². The van der Waals surface area contributed by atoms with Gasteiger partial charge in [-0.15, -0.1) is 0 Å². The summed E-state index contributed by atoms with van der Waals surface area (Å²) in [6, 6.07) is 0. The van der Waals surface area contributed by atoms with E-state index in [2.05, 4.69) is 22.2 Å². The normalized spacial score (nSPS) is 27.2. The molecule has 0 saturated carbocycles. The lowest BCUT2D eigenvalue weighted by Gasteiger charge is -2.37. The van der Waals surface area contributed by atoms with Gasteiger partial charge in [0.25, 0.3) is 0 Å². The molecule has 0 radical (unpaired) electrons. The summed E-state index contributed by atoms with van der Waals surface area (Å²) < 4.78 is 0. The van der Waals surface area contributed by atoms with Crippen molar-refractivity contribution in [2.75, 3.05) is 59.4 Å². The lowest BCUT2D eigenvalue weighted by atomic mass is 9.84. The number of hydrogen-bond donors (Lipinski definition) is 2. The smallest absolute Gasteiger partial charge is 0.0110 e. The molecular formula is C13H28N4. The summed E-state index contributed by atoms with van der Waals surface area (Å²) in [7, 11) is 2.21. The first kappa shape index (κ1) is 13.3. The summed E-state index contributed by atoms with van der Waals surface area (Å²) in [5.41, 5.74) is 5.99. The van der Waals surface area contributed by atoms with Crippen molar-refractivity contribution in [1.82, 2.24) is 15.1 Å². The van der Waals surface area contributed by atoms with Gasteiger partial charge in [-0.3, -0.25) is 0 Å². The molecule has 2 aliphatic rings. The van der Waals surface area contributed by atoms with E-state index in [9.17, 15) is 0 Å². The van der Waals surface area contributed by atoms with Crippen molar-refractivity contribution in [1.29, 1.82) is 0 Å². The van der Waals surface area contributed by atoms with E-state index in [0.29, 0.717) is 5.92 Å². The number of nitrogens with one attached hydrogen (secondary N) is 1. The minimum atomic E-state index is 0.709. The van der Waals surface area contributed by atoms with Gasteiger partial charge >= 0.3 is 0 Å². The molecular weight excluding hydrogens is 212 g/mol. The van der Waals surface area contributed by atoms with Crippen molar-refractivity contribution in [2.24, 2.45) is 17.6 Å². The van der Waals surface area contributed by atoms with Crippen molar-refractivity contribution in [3.8, 4) is 0 Å². The third kappa shape index (κ3) is 3.91. The Labute approximate surface area is 106 Å². The Morgan fingerprint density at radius 1 is 1.18 bits per heavy atom. The molecule has 2 rings (SSSR count). The van der Waals surface area contributed by atoms with E-state index < -0.39 is 0 Å². The van der Waals surface area contributed by atoms with Gasteiger partial charge in [-0.25, -0.2) is 0 Å². The third-order valence-electron chi connectivity index (χ3n) is 4.44. The minimum Gasteiger partial charge on any atom is -0.330 e. The van der Waals surface area contributed by atoms with Gasteiger partial charge in [0.1, 0.15) is 0 Å². The summed E-state index contributed by atoms with van der Waals surface area (Å²) in [5.74, 6) is 1.56. The fourth-order valence-corrected chi connectivity index (χ4v) is 3.09. The molecule has 0 aromatic carbocycles. The fourth-order valence-electron chi connectivity index (χ4n) is 3.09. The van der Waals surface area contributed by atoms with Crippen LogP contribution in [-0.2, 0) is 0 Å². The summed E-state index contributed by atoms with van der Waals surface area (Å²) in [6.07, 6.45) is 2.63. The predicted octanol–water partition coefficient (Wildman–Crippen LogP) is -0.192. The number of piperidine rings is 1. The van der Waals surface area contributed by atoms with Crippen LogP contribution in [0, 0.1) is 11.8 Å². The van der Waals surface area contributed by atoms with Gasteiger partial charge in [-0.05, 0) is 51.4 Å². The Balaban J connectivity index is 1.78. The Kier molecular flexibility index (Phi) is 5.22. The van der Waals surface area contributed by atoms with Gasteiger partial charge in [0.15, 0.2) is 0 Å². The first-order chi connectivity index (χ1) is 8.29. The SMILES string of the molecule is CN1CCN(CC(CN)C2CCNCC2)CC1. The van der Waals surface area contributed by atoms with Crippen LogP contribution in [0.15, 0.2) is 0 Å². The van der Waals surface area contributed by atoms with E-state index in [1.54, 1.807) is 0 Å². The maximum absolute atomic E-state index is 5.99. The second-order valence-corrected chi connectivity index (χ2v) is 5.69. The minimum absolute atomic E-state index is 0.709. The van der Waals surface area contributed by atoms with Crippen LogP contribution in [0.4, 0.5) is 0 Å². The van der Waals surface area contributed by atoms with Gasteiger partial charge < -0.3 is 20.9 Å². The first-order valence-corrected chi connectivity index (χ1v) is 7.11. The molecule has 0 aromatic heterocycles. The van der Waals surface area contributed by atoms with E-state index >= 15 is 0 Å². The molecule has 2 heterocycles. The summed E-state index contributed by atoms with van der Waals surface area (Å²) in [6.45, 7) is 9.31. The van der Waals surface area contributed by atoms with Crippen LogP contribution in [0.2, 0.25) is 0 Å². The van der Waals surface area contributed by atoms with Crippen molar-refractivity contribution in [3.05, 3.63) is 0 Å². The highest BCUT2D eigenvalue weighted by Crippen LogP contribution is 2.22. The molecule has 2 saturated heterocycles. The van der Waals surface area contributed by atoms with E-state index in [4.69, 9.17) is 5.73 Å². The van der Waals surface area contributed by atoms with E-state index in [1.165, 1.54) is 58.7 Å². The Bertz CT molecular complexity index is 207. The second-order valence-electron chi connectivity index (χ2n) is 5.69. The van der Waals surface area contributed by atoms with Crippen LogP contribution < -0.4 is 11.1 Å². The molecule has 0 aliphatic carbocycles. The number of hydrogen-bond acceptors (Lipinski definition) is 4. The highest BCUT2D eigenvalue weighted by molar-refractivity contribution is 4.80. The fraction of sp³-hybridized carbons (Fsp3) is 1.00. The lowest BCUT2D eigenvalue weighted by Crippen LogP contribution is -2.48. The van der Waals surface area contributed by atoms with E-state index in [0.717, 1.165) is 12.5 Å². The molecule has 2 fully saturated rings. The monoisotopic (exact) mass is 240 g/mol. The molecule has 100 valence electrons. The molecule has 1 unspecified atom stereocenters. The van der Waals surface area contributed by atoms with Gasteiger partial charge in [0.05, 0.1) is 0 Å². The van der Waals surface area contributed by atoms with Crippen LogP contribution in [0.1, 0.15) is 12.8 Å². The van der Waals surface area contributed by atoms with Crippen LogP contribution in [-0.4, -0.2) is 69.2 Å². The topological polar surface area (TPSA) is 44.5 Å². The van der Waals surface area contributed by atoms with Crippen molar-refractivity contribution >= 4 is 0 Å². The number of piperazine rings is 1. The molecule has 0 bridgehead atoms. The first-order valence-electron chi connectivity index (χ1n) is 7.11. The maximum atomic E-state index is 5.99. The summed E-state index contributed by atoms with van der Waals surface area (Å²) in [4.78, 5) is 5.03. The molecule has 2 aliphatic heterocycles. The van der Waals surface area contributed by atoms with E-state index in [-0.39, 0.29) is 0 Å². The van der Waals surface area contributed by atoms with Crippen LogP contribution in [0.5, 0.6) is 0 Å². The molecule has 4 nitrogen and oxygen atoms in total.